The number of hydrogen-bond donors (Lipinski definition) is 4. The van der Waals surface area contributed by atoms with Crippen LogP contribution in [0.15, 0.2) is 36.5 Å². The first-order chi connectivity index (χ1) is 30.6. The number of unbranched alkanes of at least 4 members (excludes halogenated alkanes) is 25. The smallest absolute Gasteiger partial charge is 0.397 e. The van der Waals surface area contributed by atoms with Crippen molar-refractivity contribution >= 4 is 16.4 Å². The molecule has 6 atom stereocenters. The zero-order chi connectivity index (χ0) is 46.1. The highest BCUT2D eigenvalue weighted by Crippen LogP contribution is 2.26. The molecule has 1 saturated heterocycles. The highest BCUT2D eigenvalue weighted by molar-refractivity contribution is 7.80. The first-order valence-electron chi connectivity index (χ1n) is 25.2. The first-order valence-corrected chi connectivity index (χ1v) is 26.6. The van der Waals surface area contributed by atoms with Crippen molar-refractivity contribution in [2.45, 2.75) is 250 Å². The van der Waals surface area contributed by atoms with E-state index in [4.69, 9.17) is 18.9 Å². The SMILES string of the molecule is CCCCC/C=C\C/C=C\CCCCCCCCCCCCOCC(COC1OC(CO)C(O)C(OS(=O)(=O)O)C1O)OC(=O)CCCCCCC/C=C\CCCCCCCCC. The monoisotopic (exact) mass is 917 g/mol. The molecule has 0 bridgehead atoms. The molecule has 63 heavy (non-hydrogen) atoms. The van der Waals surface area contributed by atoms with Crippen LogP contribution in [-0.4, -0.2) is 97.5 Å². The molecule has 12 nitrogen and oxygen atoms in total. The minimum absolute atomic E-state index is 0.0317. The Balaban J connectivity index is 2.37. The van der Waals surface area contributed by atoms with Gasteiger partial charge in [-0.1, -0.05) is 172 Å². The lowest BCUT2D eigenvalue weighted by molar-refractivity contribution is -0.301. The van der Waals surface area contributed by atoms with Crippen LogP contribution >= 0.6 is 0 Å². The Kier molecular flexibility index (Phi) is 39.3. The average molecular weight is 917 g/mol. The van der Waals surface area contributed by atoms with Crippen LogP contribution < -0.4 is 0 Å². The Morgan fingerprint density at radius 1 is 0.603 bits per heavy atom. The molecule has 0 saturated carbocycles. The summed E-state index contributed by atoms with van der Waals surface area (Å²) in [5, 5.41) is 30.7. The van der Waals surface area contributed by atoms with E-state index in [1.807, 2.05) is 0 Å². The number of allylic oxidation sites excluding steroid dienone is 6. The maximum Gasteiger partial charge on any atom is 0.397 e. The van der Waals surface area contributed by atoms with Gasteiger partial charge < -0.3 is 34.3 Å². The van der Waals surface area contributed by atoms with Gasteiger partial charge in [0.2, 0.25) is 0 Å². The van der Waals surface area contributed by atoms with Crippen LogP contribution in [0.5, 0.6) is 0 Å². The van der Waals surface area contributed by atoms with Gasteiger partial charge in [-0.2, -0.15) is 8.42 Å². The molecule has 0 aromatic heterocycles. The van der Waals surface area contributed by atoms with Gasteiger partial charge in [0.1, 0.15) is 30.5 Å². The number of ether oxygens (including phenoxy) is 4. The van der Waals surface area contributed by atoms with Crippen molar-refractivity contribution in [3.05, 3.63) is 36.5 Å². The topological polar surface area (TPSA) is 178 Å². The number of carbonyl (C=O) groups excluding carboxylic acids is 1. The zero-order valence-corrected chi connectivity index (χ0v) is 40.5. The second kappa shape index (κ2) is 41.7. The second-order valence-corrected chi connectivity index (χ2v) is 18.4. The third-order valence-corrected chi connectivity index (χ3v) is 12.0. The molecule has 13 heteroatoms. The summed E-state index contributed by atoms with van der Waals surface area (Å²) in [7, 11) is -5.06. The molecule has 0 aromatic carbocycles. The number of carbonyl (C=O) groups is 1. The van der Waals surface area contributed by atoms with Gasteiger partial charge in [-0.15, -0.1) is 0 Å². The van der Waals surface area contributed by atoms with Crippen molar-refractivity contribution in [1.82, 2.24) is 0 Å². The fourth-order valence-corrected chi connectivity index (χ4v) is 8.15. The third-order valence-electron chi connectivity index (χ3n) is 11.5. The summed E-state index contributed by atoms with van der Waals surface area (Å²) in [6.07, 6.45) is 40.3. The number of rotatable bonds is 44. The minimum atomic E-state index is -5.06. The van der Waals surface area contributed by atoms with E-state index >= 15 is 0 Å². The Morgan fingerprint density at radius 3 is 1.56 bits per heavy atom. The molecule has 0 aromatic rings. The summed E-state index contributed by atoms with van der Waals surface area (Å²) >= 11 is 0. The standard InChI is InChI=1S/C50H92O12S/c1-3-5-7-9-11-13-15-17-19-21-22-23-24-26-28-30-32-34-36-38-40-58-42-44(43-59-50-48(54)49(62-63(55,56)57)47(53)45(41-51)61-50)60-46(52)39-37-35-33-31-29-27-25-20-18-16-14-12-10-8-6-4-2/h11,13,17,19-20,25,44-45,47-51,53-54H,3-10,12,14-16,18,21-24,26-43H2,1-2H3,(H,55,56,57)/b13-11-,19-17-,25-20-. The van der Waals surface area contributed by atoms with Crippen molar-refractivity contribution in [2.24, 2.45) is 0 Å². The molecule has 1 rings (SSSR count). The molecular formula is C50H92O12S. The van der Waals surface area contributed by atoms with Gasteiger partial charge in [0, 0.05) is 13.0 Å². The molecule has 0 amide bonds. The third kappa shape index (κ3) is 35.2. The number of aliphatic hydroxyl groups is 3. The van der Waals surface area contributed by atoms with Crippen molar-refractivity contribution in [1.29, 1.82) is 0 Å². The van der Waals surface area contributed by atoms with E-state index in [1.54, 1.807) is 0 Å². The fourth-order valence-electron chi connectivity index (χ4n) is 7.64. The predicted octanol–water partition coefficient (Wildman–Crippen LogP) is 11.4. The number of aliphatic hydroxyl groups excluding tert-OH is 3. The van der Waals surface area contributed by atoms with E-state index in [0.29, 0.717) is 13.0 Å². The lowest BCUT2D eigenvalue weighted by atomic mass is 9.99. The minimum Gasteiger partial charge on any atom is -0.457 e. The van der Waals surface area contributed by atoms with Gasteiger partial charge in [-0.05, 0) is 70.6 Å². The predicted molar refractivity (Wildman–Crippen MR) is 253 cm³/mol. The van der Waals surface area contributed by atoms with E-state index in [9.17, 15) is 33.1 Å². The largest absolute Gasteiger partial charge is 0.457 e. The number of hydrogen-bond acceptors (Lipinski definition) is 11. The molecule has 1 fully saturated rings. The summed E-state index contributed by atoms with van der Waals surface area (Å²) in [6.45, 7) is 3.97. The summed E-state index contributed by atoms with van der Waals surface area (Å²) in [4.78, 5) is 12.9. The van der Waals surface area contributed by atoms with E-state index in [0.717, 1.165) is 64.2 Å². The Bertz CT molecular complexity index is 1240. The Morgan fingerprint density at radius 2 is 1.05 bits per heavy atom. The quantitative estimate of drug-likeness (QED) is 0.0197. The van der Waals surface area contributed by atoms with E-state index in [1.165, 1.54) is 122 Å². The van der Waals surface area contributed by atoms with Gasteiger partial charge in [0.05, 0.1) is 19.8 Å². The molecule has 6 unspecified atom stereocenters. The average Bonchev–Trinajstić information content (AvgIpc) is 3.26. The van der Waals surface area contributed by atoms with Crippen LogP contribution in [0.3, 0.4) is 0 Å². The van der Waals surface area contributed by atoms with Gasteiger partial charge in [0.25, 0.3) is 0 Å². The second-order valence-electron chi connectivity index (χ2n) is 17.4. The lowest BCUT2D eigenvalue weighted by Gasteiger charge is -2.41. The summed E-state index contributed by atoms with van der Waals surface area (Å²) in [5.74, 6) is -0.407. The molecule has 1 heterocycles. The van der Waals surface area contributed by atoms with Crippen LogP contribution in [0.4, 0.5) is 0 Å². The van der Waals surface area contributed by atoms with Crippen molar-refractivity contribution in [2.75, 3.05) is 26.4 Å². The summed E-state index contributed by atoms with van der Waals surface area (Å²) in [5.41, 5.74) is 0. The maximum absolute atomic E-state index is 12.9. The molecule has 4 N–H and O–H groups in total. The summed E-state index contributed by atoms with van der Waals surface area (Å²) in [6, 6.07) is 0. The molecule has 0 spiro atoms. The zero-order valence-electron chi connectivity index (χ0n) is 39.6. The van der Waals surface area contributed by atoms with Crippen molar-refractivity contribution < 1.29 is 56.2 Å². The fraction of sp³-hybridized carbons (Fsp3) is 0.860. The van der Waals surface area contributed by atoms with Crippen molar-refractivity contribution in [3.8, 4) is 0 Å². The van der Waals surface area contributed by atoms with Crippen LogP contribution in [0.25, 0.3) is 0 Å². The van der Waals surface area contributed by atoms with Gasteiger partial charge in [-0.25, -0.2) is 4.18 Å². The molecule has 370 valence electrons. The molecule has 0 radical (unpaired) electrons. The highest BCUT2D eigenvalue weighted by Gasteiger charge is 2.48. The van der Waals surface area contributed by atoms with Crippen LogP contribution in [0.2, 0.25) is 0 Å². The summed E-state index contributed by atoms with van der Waals surface area (Å²) < 4.78 is 59.2. The maximum atomic E-state index is 12.9. The molecule has 1 aliphatic rings. The van der Waals surface area contributed by atoms with E-state index in [-0.39, 0.29) is 19.6 Å². The first kappa shape index (κ1) is 59.3. The van der Waals surface area contributed by atoms with Gasteiger partial charge >= 0.3 is 16.4 Å². The highest BCUT2D eigenvalue weighted by atomic mass is 32.3. The normalized spacial score (nSPS) is 20.1. The molecule has 0 aliphatic carbocycles. The number of esters is 1. The van der Waals surface area contributed by atoms with Crippen LogP contribution in [-0.2, 0) is 38.3 Å². The van der Waals surface area contributed by atoms with Crippen LogP contribution in [0, 0.1) is 0 Å². The van der Waals surface area contributed by atoms with Crippen molar-refractivity contribution in [3.63, 3.8) is 0 Å². The van der Waals surface area contributed by atoms with E-state index in [2.05, 4.69) is 54.5 Å². The Labute approximate surface area is 383 Å². The van der Waals surface area contributed by atoms with Gasteiger partial charge in [0.15, 0.2) is 6.29 Å². The molecular weight excluding hydrogens is 825 g/mol. The van der Waals surface area contributed by atoms with Gasteiger partial charge in [-0.3, -0.25) is 9.35 Å². The van der Waals surface area contributed by atoms with E-state index < -0.39 is 59.8 Å². The lowest BCUT2D eigenvalue weighted by Crippen LogP contribution is -2.60. The van der Waals surface area contributed by atoms with Crippen LogP contribution in [0.1, 0.15) is 213 Å². The molecule has 1 aliphatic heterocycles. The Hall–Kier alpha value is -1.68.